The summed E-state index contributed by atoms with van der Waals surface area (Å²) in [6.45, 7) is 0.103. The fourth-order valence-electron chi connectivity index (χ4n) is 1.32. The number of benzene rings is 1. The number of hydrogen-bond acceptors (Lipinski definition) is 3. The summed E-state index contributed by atoms with van der Waals surface area (Å²) in [5.74, 6) is -0.000337. The molecule has 0 bridgehead atoms. The summed E-state index contributed by atoms with van der Waals surface area (Å²) in [7, 11) is 0. The number of rotatable bonds is 3. The van der Waals surface area contributed by atoms with Gasteiger partial charge in [0.2, 0.25) is 5.88 Å². The number of pyridine rings is 1. The van der Waals surface area contributed by atoms with Gasteiger partial charge in [-0.25, -0.2) is 9.37 Å². The van der Waals surface area contributed by atoms with Crippen LogP contribution in [0.1, 0.15) is 5.56 Å². The molecule has 0 aliphatic carbocycles. The van der Waals surface area contributed by atoms with Crippen LogP contribution in [0.2, 0.25) is 0 Å². The van der Waals surface area contributed by atoms with Crippen LogP contribution in [0.4, 0.5) is 10.1 Å². The number of nitrogens with zero attached hydrogens (tertiary/aromatic N) is 1. The lowest BCUT2D eigenvalue weighted by Gasteiger charge is -2.08. The van der Waals surface area contributed by atoms with Crippen molar-refractivity contribution in [3.8, 4) is 5.88 Å². The van der Waals surface area contributed by atoms with Crippen LogP contribution >= 0.6 is 15.9 Å². The van der Waals surface area contributed by atoms with Crippen LogP contribution in [0.5, 0.6) is 5.88 Å². The second-order valence-corrected chi connectivity index (χ2v) is 4.34. The molecule has 0 aliphatic heterocycles. The Hall–Kier alpha value is -1.62. The third kappa shape index (κ3) is 2.94. The highest BCUT2D eigenvalue weighted by molar-refractivity contribution is 9.10. The lowest BCUT2D eigenvalue weighted by atomic mass is 10.2. The Morgan fingerprint density at radius 2 is 2.12 bits per heavy atom. The zero-order valence-electron chi connectivity index (χ0n) is 8.86. The Labute approximate surface area is 107 Å². The molecule has 0 spiro atoms. The molecule has 0 unspecified atom stereocenters. The maximum atomic E-state index is 13.3. The average molecular weight is 297 g/mol. The van der Waals surface area contributed by atoms with E-state index in [1.54, 1.807) is 30.5 Å². The molecule has 5 heteroatoms. The zero-order chi connectivity index (χ0) is 12.3. The summed E-state index contributed by atoms with van der Waals surface area (Å²) in [5.41, 5.74) is 6.59. The van der Waals surface area contributed by atoms with Crippen molar-refractivity contribution < 1.29 is 9.13 Å². The van der Waals surface area contributed by atoms with Crippen LogP contribution in [0.3, 0.4) is 0 Å². The van der Waals surface area contributed by atoms with E-state index in [0.29, 0.717) is 17.1 Å². The molecule has 88 valence electrons. The first-order chi connectivity index (χ1) is 8.16. The van der Waals surface area contributed by atoms with Gasteiger partial charge in [-0.15, -0.1) is 0 Å². The fourth-order valence-corrected chi connectivity index (χ4v) is 1.67. The van der Waals surface area contributed by atoms with E-state index in [2.05, 4.69) is 20.9 Å². The number of nitrogen functional groups attached to an aromatic ring is 1. The summed E-state index contributed by atoms with van der Waals surface area (Å²) in [6.07, 6.45) is 1.58. The number of ether oxygens (including phenoxy) is 1. The highest BCUT2D eigenvalue weighted by Gasteiger charge is 2.05. The number of hydrogen-bond donors (Lipinski definition) is 1. The maximum Gasteiger partial charge on any atom is 0.237 e. The summed E-state index contributed by atoms with van der Waals surface area (Å²) < 4.78 is 19.5. The van der Waals surface area contributed by atoms with Crippen molar-refractivity contribution in [1.29, 1.82) is 0 Å². The van der Waals surface area contributed by atoms with Crippen molar-refractivity contribution in [1.82, 2.24) is 4.98 Å². The SMILES string of the molecule is Nc1cc(Br)cnc1OCc1ccccc1F. The monoisotopic (exact) mass is 296 g/mol. The molecule has 0 fully saturated rings. The molecular weight excluding hydrogens is 287 g/mol. The Morgan fingerprint density at radius 1 is 1.35 bits per heavy atom. The number of aromatic nitrogens is 1. The largest absolute Gasteiger partial charge is 0.471 e. The Bertz CT molecular complexity index is 534. The van der Waals surface area contributed by atoms with Crippen molar-refractivity contribution in [2.24, 2.45) is 0 Å². The van der Waals surface area contributed by atoms with Crippen LogP contribution < -0.4 is 10.5 Å². The topological polar surface area (TPSA) is 48.1 Å². The third-order valence-electron chi connectivity index (χ3n) is 2.17. The summed E-state index contributed by atoms with van der Waals surface area (Å²) in [4.78, 5) is 4.01. The van der Waals surface area contributed by atoms with Crippen LogP contribution in [0.15, 0.2) is 41.0 Å². The predicted molar refractivity (Wildman–Crippen MR) is 67.1 cm³/mol. The van der Waals surface area contributed by atoms with Gasteiger partial charge < -0.3 is 10.5 Å². The van der Waals surface area contributed by atoms with Gasteiger partial charge in [-0.05, 0) is 28.1 Å². The standard InChI is InChI=1S/C12H10BrFN2O/c13-9-5-11(15)12(16-6-9)17-7-8-3-1-2-4-10(8)14/h1-6H,7,15H2. The van der Waals surface area contributed by atoms with E-state index in [1.807, 2.05) is 0 Å². The molecule has 0 aliphatic rings. The fraction of sp³-hybridized carbons (Fsp3) is 0.0833. The minimum atomic E-state index is -0.303. The predicted octanol–water partition coefficient (Wildman–Crippen LogP) is 3.14. The smallest absolute Gasteiger partial charge is 0.237 e. The molecule has 1 heterocycles. The highest BCUT2D eigenvalue weighted by atomic mass is 79.9. The van der Waals surface area contributed by atoms with Gasteiger partial charge in [-0.1, -0.05) is 18.2 Å². The van der Waals surface area contributed by atoms with Gasteiger partial charge in [0, 0.05) is 16.2 Å². The number of halogens is 2. The van der Waals surface area contributed by atoms with E-state index in [1.165, 1.54) is 6.07 Å². The Morgan fingerprint density at radius 3 is 2.82 bits per heavy atom. The third-order valence-corrected chi connectivity index (χ3v) is 2.60. The van der Waals surface area contributed by atoms with Gasteiger partial charge in [0.1, 0.15) is 12.4 Å². The molecule has 2 aromatic rings. The Kier molecular flexibility index (Phi) is 3.58. The van der Waals surface area contributed by atoms with Gasteiger partial charge in [-0.2, -0.15) is 0 Å². The first-order valence-corrected chi connectivity index (χ1v) is 5.73. The number of nitrogens with two attached hydrogens (primary N) is 1. The molecule has 0 saturated heterocycles. The molecule has 2 rings (SSSR count). The van der Waals surface area contributed by atoms with Crippen molar-refractivity contribution >= 4 is 21.6 Å². The van der Waals surface area contributed by atoms with Gasteiger partial charge in [0.05, 0.1) is 5.69 Å². The first kappa shape index (κ1) is 11.9. The van der Waals surface area contributed by atoms with Crippen molar-refractivity contribution in [3.63, 3.8) is 0 Å². The molecule has 0 saturated carbocycles. The minimum Gasteiger partial charge on any atom is -0.471 e. The van der Waals surface area contributed by atoms with Gasteiger partial charge >= 0.3 is 0 Å². The number of anilines is 1. The molecule has 2 N–H and O–H groups in total. The van der Waals surface area contributed by atoms with E-state index >= 15 is 0 Å². The van der Waals surface area contributed by atoms with Crippen LogP contribution in [0, 0.1) is 5.82 Å². The lowest BCUT2D eigenvalue weighted by Crippen LogP contribution is -2.02. The quantitative estimate of drug-likeness (QED) is 0.946. The maximum absolute atomic E-state index is 13.3. The molecule has 17 heavy (non-hydrogen) atoms. The van der Waals surface area contributed by atoms with Crippen molar-refractivity contribution in [2.75, 3.05) is 5.73 Å². The zero-order valence-corrected chi connectivity index (χ0v) is 10.4. The average Bonchev–Trinajstić information content (AvgIpc) is 2.30. The van der Waals surface area contributed by atoms with E-state index in [4.69, 9.17) is 10.5 Å². The van der Waals surface area contributed by atoms with Crippen LogP contribution in [-0.4, -0.2) is 4.98 Å². The van der Waals surface area contributed by atoms with E-state index < -0.39 is 0 Å². The minimum absolute atomic E-state index is 0.103. The summed E-state index contributed by atoms with van der Waals surface area (Å²) in [6, 6.07) is 8.11. The summed E-state index contributed by atoms with van der Waals surface area (Å²) >= 11 is 3.25. The Balaban J connectivity index is 2.10. The molecule has 3 nitrogen and oxygen atoms in total. The molecule has 1 aromatic heterocycles. The van der Waals surface area contributed by atoms with Crippen molar-refractivity contribution in [3.05, 3.63) is 52.4 Å². The highest BCUT2D eigenvalue weighted by Crippen LogP contribution is 2.23. The van der Waals surface area contributed by atoms with Crippen molar-refractivity contribution in [2.45, 2.75) is 6.61 Å². The second kappa shape index (κ2) is 5.14. The first-order valence-electron chi connectivity index (χ1n) is 4.94. The molecular formula is C12H10BrFN2O. The van der Waals surface area contributed by atoms with E-state index in [9.17, 15) is 4.39 Å². The molecule has 1 aromatic carbocycles. The summed E-state index contributed by atoms with van der Waals surface area (Å²) in [5, 5.41) is 0. The second-order valence-electron chi connectivity index (χ2n) is 3.43. The van der Waals surface area contributed by atoms with Crippen LogP contribution in [-0.2, 0) is 6.61 Å². The van der Waals surface area contributed by atoms with Crippen LogP contribution in [0.25, 0.3) is 0 Å². The van der Waals surface area contributed by atoms with Gasteiger partial charge in [0.15, 0.2) is 0 Å². The van der Waals surface area contributed by atoms with E-state index in [0.717, 1.165) is 4.47 Å². The molecule has 0 radical (unpaired) electrons. The normalized spacial score (nSPS) is 10.2. The van der Waals surface area contributed by atoms with E-state index in [-0.39, 0.29) is 12.4 Å². The molecule has 0 amide bonds. The lowest BCUT2D eigenvalue weighted by molar-refractivity contribution is 0.290. The molecule has 0 atom stereocenters. The van der Waals surface area contributed by atoms with Gasteiger partial charge in [-0.3, -0.25) is 0 Å². The van der Waals surface area contributed by atoms with Gasteiger partial charge in [0.25, 0.3) is 0 Å².